The maximum Gasteiger partial charge on any atom is 0.107 e. The van der Waals surface area contributed by atoms with Crippen LogP contribution in [0, 0.1) is 6.92 Å². The number of hydrogen-bond acceptors (Lipinski definition) is 5. The molecule has 4 nitrogen and oxygen atoms in total. The van der Waals surface area contributed by atoms with Crippen molar-refractivity contribution < 1.29 is 9.84 Å². The molecule has 5 heteroatoms. The lowest BCUT2D eigenvalue weighted by Gasteiger charge is -2.23. The Bertz CT molecular complexity index is 364. The molecule has 1 aliphatic rings. The van der Waals surface area contributed by atoms with Gasteiger partial charge in [-0.25, -0.2) is 4.98 Å². The summed E-state index contributed by atoms with van der Waals surface area (Å²) < 4.78 is 5.75. The van der Waals surface area contributed by atoms with Gasteiger partial charge >= 0.3 is 0 Å². The highest BCUT2D eigenvalue weighted by molar-refractivity contribution is 7.09. The van der Waals surface area contributed by atoms with Gasteiger partial charge in [-0.05, 0) is 19.8 Å². The van der Waals surface area contributed by atoms with Gasteiger partial charge < -0.3 is 15.2 Å². The third-order valence-electron chi connectivity index (χ3n) is 3.40. The maximum atomic E-state index is 9.86. The second kappa shape index (κ2) is 7.94. The van der Waals surface area contributed by atoms with Crippen LogP contribution in [0.1, 0.15) is 42.8 Å². The number of nitrogens with one attached hydrogen (secondary N) is 1. The van der Waals surface area contributed by atoms with Crippen molar-refractivity contribution in [3.8, 4) is 0 Å². The summed E-state index contributed by atoms with van der Waals surface area (Å²) in [5.74, 6) is 0. The van der Waals surface area contributed by atoms with Gasteiger partial charge in [0.15, 0.2) is 0 Å². The molecule has 19 heavy (non-hydrogen) atoms. The molecule has 1 saturated carbocycles. The Labute approximate surface area is 119 Å². The lowest BCUT2D eigenvalue weighted by Crippen LogP contribution is -2.32. The van der Waals surface area contributed by atoms with Crippen molar-refractivity contribution in [1.29, 1.82) is 0 Å². The van der Waals surface area contributed by atoms with Gasteiger partial charge in [0, 0.05) is 24.2 Å². The third kappa shape index (κ3) is 5.57. The van der Waals surface area contributed by atoms with E-state index in [1.54, 1.807) is 11.3 Å². The molecule has 1 heterocycles. The number of aliphatic hydroxyl groups excluding tert-OH is 1. The molecule has 1 atom stereocenters. The molecule has 0 saturated heterocycles. The van der Waals surface area contributed by atoms with Gasteiger partial charge in [-0.2, -0.15) is 0 Å². The van der Waals surface area contributed by atoms with Crippen molar-refractivity contribution in [2.45, 2.75) is 57.8 Å². The van der Waals surface area contributed by atoms with Crippen LogP contribution in [0.3, 0.4) is 0 Å². The first-order valence-corrected chi connectivity index (χ1v) is 8.03. The molecular formula is C14H24N2O2S. The average molecular weight is 284 g/mol. The fraction of sp³-hybridized carbons (Fsp3) is 0.786. The Morgan fingerprint density at radius 3 is 2.95 bits per heavy atom. The molecule has 1 aromatic rings. The number of hydrogen-bond donors (Lipinski definition) is 2. The van der Waals surface area contributed by atoms with E-state index < -0.39 is 6.10 Å². The largest absolute Gasteiger partial charge is 0.389 e. The zero-order valence-electron chi connectivity index (χ0n) is 11.6. The summed E-state index contributed by atoms with van der Waals surface area (Å²) >= 11 is 1.65. The number of thiazole rings is 1. The Morgan fingerprint density at radius 2 is 2.26 bits per heavy atom. The fourth-order valence-corrected chi connectivity index (χ4v) is 3.11. The van der Waals surface area contributed by atoms with Crippen molar-refractivity contribution in [3.05, 3.63) is 16.1 Å². The monoisotopic (exact) mass is 284 g/mol. The van der Waals surface area contributed by atoms with Crippen molar-refractivity contribution in [3.63, 3.8) is 0 Å². The second-order valence-electron chi connectivity index (χ2n) is 5.26. The molecule has 1 aliphatic carbocycles. The Balaban J connectivity index is 1.55. The highest BCUT2D eigenvalue weighted by atomic mass is 32.1. The number of rotatable bonds is 7. The number of ether oxygens (including phenoxy) is 1. The van der Waals surface area contributed by atoms with Crippen LogP contribution in [-0.4, -0.2) is 35.5 Å². The van der Waals surface area contributed by atoms with Crippen LogP contribution in [0.2, 0.25) is 0 Å². The lowest BCUT2D eigenvalue weighted by atomic mass is 9.98. The van der Waals surface area contributed by atoms with E-state index in [-0.39, 0.29) is 0 Å². The van der Waals surface area contributed by atoms with Crippen LogP contribution >= 0.6 is 11.3 Å². The van der Waals surface area contributed by atoms with E-state index >= 15 is 0 Å². The van der Waals surface area contributed by atoms with E-state index in [0.717, 1.165) is 30.1 Å². The van der Waals surface area contributed by atoms with E-state index in [1.165, 1.54) is 19.3 Å². The zero-order valence-corrected chi connectivity index (χ0v) is 12.4. The summed E-state index contributed by atoms with van der Waals surface area (Å²) in [6.45, 7) is 3.71. The van der Waals surface area contributed by atoms with E-state index in [9.17, 15) is 5.11 Å². The molecule has 0 amide bonds. The molecule has 1 unspecified atom stereocenters. The number of aromatic nitrogens is 1. The summed E-state index contributed by atoms with van der Waals surface area (Å²) in [6, 6.07) is 0. The molecule has 1 aromatic heterocycles. The second-order valence-corrected chi connectivity index (χ2v) is 6.20. The summed E-state index contributed by atoms with van der Waals surface area (Å²) in [7, 11) is 0. The fourth-order valence-electron chi connectivity index (χ4n) is 2.37. The minimum absolute atomic E-state index is 0.366. The summed E-state index contributed by atoms with van der Waals surface area (Å²) in [5, 5.41) is 16.2. The Hall–Kier alpha value is -0.490. The van der Waals surface area contributed by atoms with Crippen LogP contribution in [0.15, 0.2) is 5.38 Å². The van der Waals surface area contributed by atoms with Gasteiger partial charge in [0.1, 0.15) is 5.01 Å². The van der Waals surface area contributed by atoms with Crippen molar-refractivity contribution >= 4 is 11.3 Å². The van der Waals surface area contributed by atoms with Crippen molar-refractivity contribution in [2.75, 3.05) is 13.2 Å². The van der Waals surface area contributed by atoms with Gasteiger partial charge in [-0.15, -0.1) is 11.3 Å². The first-order chi connectivity index (χ1) is 9.24. The topological polar surface area (TPSA) is 54.4 Å². The van der Waals surface area contributed by atoms with Crippen LogP contribution < -0.4 is 5.32 Å². The van der Waals surface area contributed by atoms with E-state index in [0.29, 0.717) is 19.3 Å². The predicted molar refractivity (Wildman–Crippen MR) is 77.4 cm³/mol. The van der Waals surface area contributed by atoms with Crippen LogP contribution in [-0.2, 0) is 11.3 Å². The van der Waals surface area contributed by atoms with E-state index in [2.05, 4.69) is 10.3 Å². The van der Waals surface area contributed by atoms with Crippen molar-refractivity contribution in [2.24, 2.45) is 0 Å². The molecule has 0 spiro atoms. The molecule has 2 N–H and O–H groups in total. The molecule has 108 valence electrons. The Kier molecular flexibility index (Phi) is 6.23. The SMILES string of the molecule is Cc1csc(CNCC(O)COC2CCCCC2)n1. The average Bonchev–Trinajstić information content (AvgIpc) is 2.83. The minimum Gasteiger partial charge on any atom is -0.389 e. The normalized spacial score (nSPS) is 18.6. The van der Waals surface area contributed by atoms with Gasteiger partial charge in [0.2, 0.25) is 0 Å². The van der Waals surface area contributed by atoms with E-state index in [1.807, 2.05) is 12.3 Å². The predicted octanol–water partition coefficient (Wildman–Crippen LogP) is 2.25. The molecular weight excluding hydrogens is 260 g/mol. The highest BCUT2D eigenvalue weighted by Gasteiger charge is 2.15. The summed E-state index contributed by atoms with van der Waals surface area (Å²) in [4.78, 5) is 4.37. The van der Waals surface area contributed by atoms with Crippen LogP contribution in [0.5, 0.6) is 0 Å². The molecule has 0 radical (unpaired) electrons. The molecule has 0 bridgehead atoms. The van der Waals surface area contributed by atoms with Gasteiger partial charge in [0.25, 0.3) is 0 Å². The smallest absolute Gasteiger partial charge is 0.107 e. The Morgan fingerprint density at radius 1 is 1.47 bits per heavy atom. The number of aryl methyl sites for hydroxylation is 1. The van der Waals surface area contributed by atoms with Crippen LogP contribution in [0.25, 0.3) is 0 Å². The number of aliphatic hydroxyl groups is 1. The zero-order chi connectivity index (χ0) is 13.5. The first-order valence-electron chi connectivity index (χ1n) is 7.15. The molecule has 2 rings (SSSR count). The highest BCUT2D eigenvalue weighted by Crippen LogP contribution is 2.20. The standard InChI is InChI=1S/C14H24N2O2S/c1-11-10-19-14(16-11)8-15-7-12(17)9-18-13-5-3-2-4-6-13/h10,12-13,15,17H,2-9H2,1H3. The summed E-state index contributed by atoms with van der Waals surface area (Å²) in [5.41, 5.74) is 1.06. The van der Waals surface area contributed by atoms with Crippen molar-refractivity contribution in [1.82, 2.24) is 10.3 Å². The summed E-state index contributed by atoms with van der Waals surface area (Å²) in [6.07, 6.45) is 6.10. The third-order valence-corrected chi connectivity index (χ3v) is 4.37. The maximum absolute atomic E-state index is 9.86. The van der Waals surface area contributed by atoms with Gasteiger partial charge in [-0.1, -0.05) is 19.3 Å². The van der Waals surface area contributed by atoms with Gasteiger partial charge in [-0.3, -0.25) is 0 Å². The number of nitrogens with zero attached hydrogens (tertiary/aromatic N) is 1. The first kappa shape index (κ1) is 14.9. The molecule has 0 aliphatic heterocycles. The molecule has 0 aromatic carbocycles. The van der Waals surface area contributed by atoms with Gasteiger partial charge in [0.05, 0.1) is 18.8 Å². The quantitative estimate of drug-likeness (QED) is 0.806. The molecule has 1 fully saturated rings. The van der Waals surface area contributed by atoms with E-state index in [4.69, 9.17) is 4.74 Å². The lowest BCUT2D eigenvalue weighted by molar-refractivity contribution is -0.0230. The minimum atomic E-state index is -0.428. The van der Waals surface area contributed by atoms with Crippen LogP contribution in [0.4, 0.5) is 0 Å².